The molecule has 0 aromatic heterocycles. The third-order valence-corrected chi connectivity index (χ3v) is 2.57. The van der Waals surface area contributed by atoms with Crippen molar-refractivity contribution in [2.45, 2.75) is 18.9 Å². The molecule has 0 saturated carbocycles. The maximum Gasteiger partial charge on any atom is 0.246 e. The van der Waals surface area contributed by atoms with Crippen LogP contribution in [0, 0.1) is 0 Å². The van der Waals surface area contributed by atoms with E-state index in [4.69, 9.17) is 11.6 Å². The van der Waals surface area contributed by atoms with Crippen molar-refractivity contribution >= 4 is 23.4 Å². The van der Waals surface area contributed by atoms with Gasteiger partial charge in [0.15, 0.2) is 0 Å². The number of carbonyl (C=O) groups is 2. The molecule has 5 heteroatoms. The highest BCUT2D eigenvalue weighted by Gasteiger charge is 2.30. The summed E-state index contributed by atoms with van der Waals surface area (Å²) in [5.41, 5.74) is 0. The number of alkyl halides is 1. The van der Waals surface area contributed by atoms with E-state index >= 15 is 0 Å². The van der Waals surface area contributed by atoms with Crippen LogP contribution in [-0.2, 0) is 9.59 Å². The van der Waals surface area contributed by atoms with Gasteiger partial charge in [-0.05, 0) is 6.42 Å². The summed E-state index contributed by atoms with van der Waals surface area (Å²) < 4.78 is 0. The van der Waals surface area contributed by atoms with Crippen molar-refractivity contribution in [3.63, 3.8) is 0 Å². The lowest BCUT2D eigenvalue weighted by atomic mass is 10.0. The molecule has 1 atom stereocenters. The Balaban J connectivity index is 2.39. The van der Waals surface area contributed by atoms with Crippen molar-refractivity contribution < 1.29 is 9.59 Å². The smallest absolute Gasteiger partial charge is 0.246 e. The van der Waals surface area contributed by atoms with E-state index in [1.54, 1.807) is 0 Å². The van der Waals surface area contributed by atoms with Gasteiger partial charge >= 0.3 is 0 Å². The van der Waals surface area contributed by atoms with Crippen LogP contribution in [0.15, 0.2) is 12.2 Å². The van der Waals surface area contributed by atoms with Gasteiger partial charge in [0.2, 0.25) is 11.8 Å². The summed E-state index contributed by atoms with van der Waals surface area (Å²) in [5.74, 6) is 0.221. The number of carbonyl (C=O) groups excluding carboxylic acids is 2. The minimum absolute atomic E-state index is 0.102. The van der Waals surface area contributed by atoms with Crippen LogP contribution in [0.2, 0.25) is 0 Å². The second-order valence-corrected chi connectivity index (χ2v) is 3.72. The van der Waals surface area contributed by atoms with Crippen molar-refractivity contribution in [2.24, 2.45) is 0 Å². The fourth-order valence-electron chi connectivity index (χ4n) is 1.46. The molecule has 1 aliphatic rings. The highest BCUT2D eigenvalue weighted by atomic mass is 35.5. The van der Waals surface area contributed by atoms with Crippen LogP contribution in [0.5, 0.6) is 0 Å². The van der Waals surface area contributed by atoms with Gasteiger partial charge in [0, 0.05) is 25.9 Å². The zero-order valence-corrected chi connectivity index (χ0v) is 9.46. The van der Waals surface area contributed by atoms with Gasteiger partial charge in [0.05, 0.1) is 6.04 Å². The van der Waals surface area contributed by atoms with Crippen LogP contribution >= 0.6 is 11.6 Å². The Bertz CT molecular complexity index is 279. The largest absolute Gasteiger partial charge is 0.302 e. The SMILES string of the molecule is CN1C(=O)CCC(NC/C=C/CCl)C1=O. The van der Waals surface area contributed by atoms with Crippen LogP contribution in [0.3, 0.4) is 0 Å². The van der Waals surface area contributed by atoms with Gasteiger partial charge in [-0.2, -0.15) is 0 Å². The lowest BCUT2D eigenvalue weighted by Gasteiger charge is -2.27. The quantitative estimate of drug-likeness (QED) is 0.435. The number of piperidine rings is 1. The maximum atomic E-state index is 11.6. The molecule has 1 unspecified atom stereocenters. The van der Waals surface area contributed by atoms with Crippen LogP contribution < -0.4 is 5.32 Å². The Morgan fingerprint density at radius 2 is 2.27 bits per heavy atom. The number of amides is 2. The summed E-state index contributed by atoms with van der Waals surface area (Å²) in [6, 6.07) is -0.243. The standard InChI is InChI=1S/C10H15ClN2O2/c1-13-9(14)5-4-8(10(13)15)12-7-3-2-6-11/h2-3,8,12H,4-7H2,1H3/b3-2+. The van der Waals surface area contributed by atoms with Gasteiger partial charge in [-0.3, -0.25) is 14.5 Å². The average molecular weight is 231 g/mol. The number of nitrogens with one attached hydrogen (secondary N) is 1. The zero-order chi connectivity index (χ0) is 11.3. The lowest BCUT2D eigenvalue weighted by Crippen LogP contribution is -2.51. The van der Waals surface area contributed by atoms with E-state index in [9.17, 15) is 9.59 Å². The average Bonchev–Trinajstić information content (AvgIpc) is 2.24. The minimum Gasteiger partial charge on any atom is -0.302 e. The molecule has 0 bridgehead atoms. The van der Waals surface area contributed by atoms with Gasteiger partial charge in [0.1, 0.15) is 0 Å². The van der Waals surface area contributed by atoms with Crippen molar-refractivity contribution in [1.82, 2.24) is 10.2 Å². The van der Waals surface area contributed by atoms with Crippen LogP contribution in [-0.4, -0.2) is 42.2 Å². The number of likely N-dealkylation sites (tertiary alicyclic amines) is 1. The first-order valence-corrected chi connectivity index (χ1v) is 5.45. The number of hydrogen-bond acceptors (Lipinski definition) is 3. The Morgan fingerprint density at radius 1 is 1.53 bits per heavy atom. The van der Waals surface area contributed by atoms with E-state index in [1.165, 1.54) is 11.9 Å². The van der Waals surface area contributed by atoms with Gasteiger partial charge in [-0.25, -0.2) is 0 Å². The summed E-state index contributed by atoms with van der Waals surface area (Å²) in [6.07, 6.45) is 4.70. The topological polar surface area (TPSA) is 49.4 Å². The molecule has 0 spiro atoms. The Hall–Kier alpha value is -0.870. The molecule has 1 N–H and O–H groups in total. The Morgan fingerprint density at radius 3 is 2.93 bits per heavy atom. The van der Waals surface area contributed by atoms with Crippen molar-refractivity contribution in [3.8, 4) is 0 Å². The van der Waals surface area contributed by atoms with Crippen molar-refractivity contribution in [3.05, 3.63) is 12.2 Å². The lowest BCUT2D eigenvalue weighted by molar-refractivity contribution is -0.147. The highest BCUT2D eigenvalue weighted by molar-refractivity contribution is 6.18. The number of halogens is 1. The molecule has 15 heavy (non-hydrogen) atoms. The molecule has 4 nitrogen and oxygen atoms in total. The molecule has 1 aliphatic heterocycles. The van der Waals surface area contributed by atoms with Crippen LogP contribution in [0.4, 0.5) is 0 Å². The van der Waals surface area contributed by atoms with Crippen LogP contribution in [0.25, 0.3) is 0 Å². The number of allylic oxidation sites excluding steroid dienone is 1. The monoisotopic (exact) mass is 230 g/mol. The van der Waals surface area contributed by atoms with Crippen molar-refractivity contribution in [2.75, 3.05) is 19.5 Å². The number of rotatable bonds is 4. The summed E-state index contributed by atoms with van der Waals surface area (Å²) in [6.45, 7) is 0.602. The molecular weight excluding hydrogens is 216 g/mol. The van der Waals surface area contributed by atoms with E-state index < -0.39 is 0 Å². The first-order valence-electron chi connectivity index (χ1n) is 4.91. The third-order valence-electron chi connectivity index (χ3n) is 2.39. The van der Waals surface area contributed by atoms with Gasteiger partial charge in [-0.1, -0.05) is 12.2 Å². The van der Waals surface area contributed by atoms with E-state index in [0.29, 0.717) is 25.3 Å². The fourth-order valence-corrected chi connectivity index (χ4v) is 1.59. The van der Waals surface area contributed by atoms with E-state index in [0.717, 1.165) is 0 Å². The number of nitrogens with zero attached hydrogens (tertiary/aromatic N) is 1. The third kappa shape index (κ3) is 3.32. The molecule has 84 valence electrons. The second-order valence-electron chi connectivity index (χ2n) is 3.42. The first-order chi connectivity index (χ1) is 7.16. The van der Waals surface area contributed by atoms with Gasteiger partial charge in [0.25, 0.3) is 0 Å². The number of likely N-dealkylation sites (N-methyl/N-ethyl adjacent to an activating group) is 1. The molecule has 1 saturated heterocycles. The van der Waals surface area contributed by atoms with Gasteiger partial charge in [-0.15, -0.1) is 11.6 Å². The predicted octanol–water partition coefficient (Wildman–Crippen LogP) is 0.518. The number of hydrogen-bond donors (Lipinski definition) is 1. The zero-order valence-electron chi connectivity index (χ0n) is 8.70. The minimum atomic E-state index is -0.243. The second kappa shape index (κ2) is 5.88. The maximum absolute atomic E-state index is 11.6. The molecule has 0 aliphatic carbocycles. The Kier molecular flexibility index (Phi) is 4.78. The van der Waals surface area contributed by atoms with E-state index in [-0.39, 0.29) is 17.9 Å². The first kappa shape index (κ1) is 12.2. The summed E-state index contributed by atoms with van der Waals surface area (Å²) in [4.78, 5) is 24.0. The van der Waals surface area contributed by atoms with E-state index in [2.05, 4.69) is 5.32 Å². The summed E-state index contributed by atoms with van der Waals surface area (Å²) in [5, 5.41) is 3.07. The fraction of sp³-hybridized carbons (Fsp3) is 0.600. The predicted molar refractivity (Wildman–Crippen MR) is 58.7 cm³/mol. The Labute approximate surface area is 94.3 Å². The molecule has 0 aromatic carbocycles. The van der Waals surface area contributed by atoms with Crippen molar-refractivity contribution in [1.29, 1.82) is 0 Å². The summed E-state index contributed by atoms with van der Waals surface area (Å²) in [7, 11) is 1.52. The molecule has 1 rings (SSSR count). The molecule has 2 amide bonds. The number of imide groups is 1. The molecule has 0 aromatic rings. The summed E-state index contributed by atoms with van der Waals surface area (Å²) >= 11 is 5.46. The normalized spacial score (nSPS) is 22.8. The highest BCUT2D eigenvalue weighted by Crippen LogP contribution is 2.10. The molecule has 1 heterocycles. The molecular formula is C10H15ClN2O2. The van der Waals surface area contributed by atoms with E-state index in [1.807, 2.05) is 12.2 Å². The van der Waals surface area contributed by atoms with Gasteiger partial charge < -0.3 is 5.32 Å². The van der Waals surface area contributed by atoms with Crippen LogP contribution in [0.1, 0.15) is 12.8 Å². The molecule has 1 fully saturated rings. The molecule has 0 radical (unpaired) electrons.